The normalized spacial score (nSPS) is 10.8. The summed E-state index contributed by atoms with van der Waals surface area (Å²) in [4.78, 5) is 14.7. The number of carbonyl (C=O) groups is 1. The Morgan fingerprint density at radius 1 is 1.60 bits per heavy atom. The van der Waals surface area contributed by atoms with E-state index in [1.165, 1.54) is 11.8 Å². The minimum absolute atomic E-state index is 0.157. The van der Waals surface area contributed by atoms with Crippen molar-refractivity contribution in [3.05, 3.63) is 35.1 Å². The van der Waals surface area contributed by atoms with E-state index in [0.717, 1.165) is 17.9 Å². The maximum atomic E-state index is 10.6. The number of halogens is 1. The molecule has 80 valence electrons. The minimum Gasteiger partial charge on any atom is -0.288 e. The molecule has 0 spiro atoms. The molecule has 2 nitrogen and oxygen atoms in total. The number of hydrogen-bond donors (Lipinski definition) is 0. The molecular weight excluding hydrogens is 230 g/mol. The molecule has 0 unspecified atom stereocenters. The summed E-state index contributed by atoms with van der Waals surface area (Å²) in [5, 5.41) is 0.652. The molecule has 0 bridgehead atoms. The predicted molar refractivity (Wildman–Crippen MR) is 66.0 cm³/mol. The second-order valence-corrected chi connectivity index (χ2v) is 4.58. The minimum atomic E-state index is 0.157. The fraction of sp³-hybridized carbons (Fsp3) is 0.273. The number of hydrogen-bond acceptors (Lipinski definition) is 3. The summed E-state index contributed by atoms with van der Waals surface area (Å²) in [6.07, 6.45) is 4.76. The number of nitrogens with zero attached hydrogens (tertiary/aromatic N) is 1. The highest BCUT2D eigenvalue weighted by Crippen LogP contribution is 2.08. The molecule has 0 fully saturated rings. The molecule has 4 heteroatoms. The van der Waals surface area contributed by atoms with Crippen LogP contribution in [-0.4, -0.2) is 15.9 Å². The molecule has 15 heavy (non-hydrogen) atoms. The molecule has 1 rings (SSSR count). The molecule has 0 aromatic carbocycles. The molecule has 0 atom stereocenters. The van der Waals surface area contributed by atoms with Crippen LogP contribution >= 0.6 is 23.4 Å². The second kappa shape index (κ2) is 6.64. The standard InChI is InChI=1S/C11H12ClNOS/c1-9(14)15-8-3-2-5-10-6-4-7-11(12)13-10/h2,4-7H,3,8H2,1H3. The van der Waals surface area contributed by atoms with Crippen molar-refractivity contribution in [3.8, 4) is 0 Å². The fourth-order valence-electron chi connectivity index (χ4n) is 0.992. The third-order valence-corrected chi connectivity index (χ3v) is 2.67. The van der Waals surface area contributed by atoms with Crippen LogP contribution in [0.3, 0.4) is 0 Å². The molecule has 0 radical (unpaired) electrons. The van der Waals surface area contributed by atoms with Gasteiger partial charge < -0.3 is 0 Å². The number of thioether (sulfide) groups is 1. The summed E-state index contributed by atoms with van der Waals surface area (Å²) >= 11 is 7.07. The lowest BCUT2D eigenvalue weighted by atomic mass is 10.3. The number of pyridine rings is 1. The fourth-order valence-corrected chi connectivity index (χ4v) is 1.70. The molecule has 0 saturated heterocycles. The Bertz CT molecular complexity index is 365. The van der Waals surface area contributed by atoms with Crippen LogP contribution in [0.15, 0.2) is 24.3 Å². The van der Waals surface area contributed by atoms with Crippen molar-refractivity contribution in [2.75, 3.05) is 5.75 Å². The Labute approximate surface area is 98.7 Å². The molecule has 1 heterocycles. The average Bonchev–Trinajstić information content (AvgIpc) is 2.17. The van der Waals surface area contributed by atoms with Crippen LogP contribution in [0, 0.1) is 0 Å². The van der Waals surface area contributed by atoms with Gasteiger partial charge in [0.05, 0.1) is 5.69 Å². The van der Waals surface area contributed by atoms with Gasteiger partial charge in [-0.3, -0.25) is 4.79 Å². The van der Waals surface area contributed by atoms with Crippen molar-refractivity contribution < 1.29 is 4.79 Å². The Morgan fingerprint density at radius 2 is 2.40 bits per heavy atom. The molecule has 0 aliphatic heterocycles. The van der Waals surface area contributed by atoms with Gasteiger partial charge in [0.1, 0.15) is 5.15 Å². The van der Waals surface area contributed by atoms with E-state index in [-0.39, 0.29) is 5.12 Å². The Balaban J connectivity index is 2.35. The number of aromatic nitrogens is 1. The van der Waals surface area contributed by atoms with Gasteiger partial charge in [-0.2, -0.15) is 0 Å². The van der Waals surface area contributed by atoms with E-state index in [2.05, 4.69) is 4.98 Å². The van der Waals surface area contributed by atoms with Gasteiger partial charge in [-0.25, -0.2) is 4.98 Å². The van der Waals surface area contributed by atoms with Crippen LogP contribution in [0.5, 0.6) is 0 Å². The summed E-state index contributed by atoms with van der Waals surface area (Å²) in [7, 11) is 0. The third kappa shape index (κ3) is 5.60. The van der Waals surface area contributed by atoms with Gasteiger partial charge in [-0.05, 0) is 24.6 Å². The van der Waals surface area contributed by atoms with Gasteiger partial charge in [0.2, 0.25) is 0 Å². The van der Waals surface area contributed by atoms with Crippen LogP contribution in [0.1, 0.15) is 19.0 Å². The highest BCUT2D eigenvalue weighted by Gasteiger charge is 1.92. The SMILES string of the molecule is CC(=O)SCCC=Cc1cccc(Cl)n1. The summed E-state index contributed by atoms with van der Waals surface area (Å²) in [5.74, 6) is 0.812. The van der Waals surface area contributed by atoms with Crippen molar-refractivity contribution in [2.45, 2.75) is 13.3 Å². The van der Waals surface area contributed by atoms with Crippen molar-refractivity contribution in [2.24, 2.45) is 0 Å². The van der Waals surface area contributed by atoms with E-state index in [9.17, 15) is 4.79 Å². The lowest BCUT2D eigenvalue weighted by molar-refractivity contribution is -0.109. The van der Waals surface area contributed by atoms with Crippen LogP contribution in [0.25, 0.3) is 6.08 Å². The molecule has 0 N–H and O–H groups in total. The first-order chi connectivity index (χ1) is 7.18. The van der Waals surface area contributed by atoms with Gasteiger partial charge in [0.25, 0.3) is 0 Å². The Hall–Kier alpha value is -0.800. The molecule has 0 saturated carbocycles. The van der Waals surface area contributed by atoms with E-state index in [0.29, 0.717) is 5.15 Å². The number of carbonyl (C=O) groups excluding carboxylic acids is 1. The summed E-state index contributed by atoms with van der Waals surface area (Å²) in [6, 6.07) is 5.49. The predicted octanol–water partition coefficient (Wildman–Crippen LogP) is 3.42. The zero-order chi connectivity index (χ0) is 11.1. The maximum absolute atomic E-state index is 10.6. The monoisotopic (exact) mass is 241 g/mol. The van der Waals surface area contributed by atoms with E-state index >= 15 is 0 Å². The topological polar surface area (TPSA) is 30.0 Å². The van der Waals surface area contributed by atoms with Crippen molar-refractivity contribution in [1.29, 1.82) is 0 Å². The van der Waals surface area contributed by atoms with E-state index < -0.39 is 0 Å². The molecular formula is C11H12ClNOS. The van der Waals surface area contributed by atoms with Crippen molar-refractivity contribution in [3.63, 3.8) is 0 Å². The molecule has 1 aromatic heterocycles. The first kappa shape index (κ1) is 12.3. The van der Waals surface area contributed by atoms with Crippen LogP contribution in [0.4, 0.5) is 0 Å². The first-order valence-electron chi connectivity index (χ1n) is 4.61. The van der Waals surface area contributed by atoms with Crippen LogP contribution < -0.4 is 0 Å². The Morgan fingerprint density at radius 3 is 3.07 bits per heavy atom. The van der Waals surface area contributed by atoms with Crippen LogP contribution in [0.2, 0.25) is 5.15 Å². The summed E-state index contributed by atoms with van der Waals surface area (Å²) < 4.78 is 0. The Kier molecular flexibility index (Phi) is 5.43. The smallest absolute Gasteiger partial charge is 0.185 e. The number of allylic oxidation sites excluding steroid dienone is 1. The summed E-state index contributed by atoms with van der Waals surface area (Å²) in [6.45, 7) is 1.58. The maximum Gasteiger partial charge on any atom is 0.185 e. The van der Waals surface area contributed by atoms with Gasteiger partial charge in [-0.15, -0.1) is 0 Å². The second-order valence-electron chi connectivity index (χ2n) is 2.92. The first-order valence-corrected chi connectivity index (χ1v) is 5.97. The molecule has 1 aromatic rings. The molecule has 0 amide bonds. The lowest BCUT2D eigenvalue weighted by Gasteiger charge is -1.94. The van der Waals surface area contributed by atoms with Crippen LogP contribution in [-0.2, 0) is 4.79 Å². The van der Waals surface area contributed by atoms with Gasteiger partial charge >= 0.3 is 0 Å². The largest absolute Gasteiger partial charge is 0.288 e. The quantitative estimate of drug-likeness (QED) is 0.598. The zero-order valence-corrected chi connectivity index (χ0v) is 10.0. The average molecular weight is 242 g/mol. The van der Waals surface area contributed by atoms with E-state index in [1.807, 2.05) is 24.3 Å². The highest BCUT2D eigenvalue weighted by atomic mass is 35.5. The zero-order valence-electron chi connectivity index (χ0n) is 8.44. The van der Waals surface area contributed by atoms with E-state index in [4.69, 9.17) is 11.6 Å². The van der Waals surface area contributed by atoms with Crippen molar-refractivity contribution in [1.82, 2.24) is 4.98 Å². The summed E-state index contributed by atoms with van der Waals surface area (Å²) in [5.41, 5.74) is 0.843. The molecule has 0 aliphatic rings. The third-order valence-electron chi connectivity index (χ3n) is 1.62. The van der Waals surface area contributed by atoms with Crippen molar-refractivity contribution >= 4 is 34.6 Å². The number of rotatable bonds is 4. The highest BCUT2D eigenvalue weighted by molar-refractivity contribution is 8.13. The van der Waals surface area contributed by atoms with Gasteiger partial charge in [-0.1, -0.05) is 35.5 Å². The van der Waals surface area contributed by atoms with Gasteiger partial charge in [0, 0.05) is 12.7 Å². The lowest BCUT2D eigenvalue weighted by Crippen LogP contribution is -1.84. The van der Waals surface area contributed by atoms with E-state index in [1.54, 1.807) is 13.0 Å². The molecule has 0 aliphatic carbocycles. The van der Waals surface area contributed by atoms with Gasteiger partial charge in [0.15, 0.2) is 5.12 Å².